The van der Waals surface area contributed by atoms with E-state index < -0.39 is 41.8 Å². The molecule has 0 radical (unpaired) electrons. The molecule has 3 rings (SSSR count). The molecule has 2 aromatic rings. The highest BCUT2D eigenvalue weighted by Crippen LogP contribution is 2.28. The highest BCUT2D eigenvalue weighted by molar-refractivity contribution is 6.31. The SMILES string of the molecule is CC(C)(C)OC(=O)N1CC(F)CC1C(=O)NCc1cc(-c2cnc(C(F)(F)F)nc2)ncc1Cl. The molecule has 2 atom stereocenters. The van der Waals surface area contributed by atoms with Gasteiger partial charge in [0.2, 0.25) is 11.7 Å². The van der Waals surface area contributed by atoms with E-state index in [0.29, 0.717) is 5.56 Å². The van der Waals surface area contributed by atoms with Crippen molar-refractivity contribution in [2.75, 3.05) is 6.54 Å². The number of nitrogens with zero attached hydrogens (tertiary/aromatic N) is 4. The zero-order valence-electron chi connectivity index (χ0n) is 18.5. The maximum atomic E-state index is 14.0. The summed E-state index contributed by atoms with van der Waals surface area (Å²) < 4.78 is 57.3. The zero-order valence-corrected chi connectivity index (χ0v) is 19.2. The minimum atomic E-state index is -4.67. The van der Waals surface area contributed by atoms with Gasteiger partial charge in [-0.3, -0.25) is 14.7 Å². The maximum Gasteiger partial charge on any atom is 0.451 e. The second kappa shape index (κ2) is 9.69. The van der Waals surface area contributed by atoms with Crippen LogP contribution in [0.3, 0.4) is 0 Å². The van der Waals surface area contributed by atoms with Gasteiger partial charge in [-0.2, -0.15) is 13.2 Å². The van der Waals surface area contributed by atoms with Crippen molar-refractivity contribution in [3.8, 4) is 11.3 Å². The number of rotatable bonds is 4. The Bertz CT molecular complexity index is 1060. The summed E-state index contributed by atoms with van der Waals surface area (Å²) in [6.07, 6.45) is -3.79. The minimum absolute atomic E-state index is 0.0930. The average molecular weight is 504 g/mol. The summed E-state index contributed by atoms with van der Waals surface area (Å²) >= 11 is 6.15. The van der Waals surface area contributed by atoms with Gasteiger partial charge in [0.15, 0.2) is 0 Å². The van der Waals surface area contributed by atoms with Crippen molar-refractivity contribution < 1.29 is 31.9 Å². The molecule has 34 heavy (non-hydrogen) atoms. The van der Waals surface area contributed by atoms with E-state index >= 15 is 0 Å². The number of nitrogens with one attached hydrogen (secondary N) is 1. The fourth-order valence-electron chi connectivity index (χ4n) is 3.24. The van der Waals surface area contributed by atoms with Gasteiger partial charge in [-0.1, -0.05) is 11.6 Å². The summed E-state index contributed by atoms with van der Waals surface area (Å²) in [7, 11) is 0. The van der Waals surface area contributed by atoms with Crippen molar-refractivity contribution in [3.63, 3.8) is 0 Å². The Morgan fingerprint density at radius 3 is 2.41 bits per heavy atom. The van der Waals surface area contributed by atoms with Crippen molar-refractivity contribution >= 4 is 23.6 Å². The molecular weight excluding hydrogens is 482 g/mol. The molecule has 1 saturated heterocycles. The topological polar surface area (TPSA) is 97.3 Å². The Labute approximate surface area is 197 Å². The molecule has 184 valence electrons. The molecule has 0 saturated carbocycles. The molecule has 1 aliphatic rings. The van der Waals surface area contributed by atoms with E-state index in [1.165, 1.54) is 12.3 Å². The van der Waals surface area contributed by atoms with Gasteiger partial charge in [-0.05, 0) is 32.4 Å². The Balaban J connectivity index is 1.71. The predicted molar refractivity (Wildman–Crippen MR) is 113 cm³/mol. The smallest absolute Gasteiger partial charge is 0.444 e. The van der Waals surface area contributed by atoms with Crippen LogP contribution in [0.2, 0.25) is 5.02 Å². The second-order valence-electron chi connectivity index (χ2n) is 8.65. The largest absolute Gasteiger partial charge is 0.451 e. The molecule has 0 aromatic carbocycles. The summed E-state index contributed by atoms with van der Waals surface area (Å²) in [6, 6.07) is 0.403. The van der Waals surface area contributed by atoms with E-state index in [0.717, 1.165) is 17.3 Å². The Morgan fingerprint density at radius 2 is 1.82 bits per heavy atom. The molecule has 0 aliphatic carbocycles. The molecule has 2 aromatic heterocycles. The number of amides is 2. The molecule has 3 heterocycles. The highest BCUT2D eigenvalue weighted by atomic mass is 35.5. The molecule has 2 amide bonds. The first-order chi connectivity index (χ1) is 15.7. The Kier molecular flexibility index (Phi) is 7.29. The number of ether oxygens (including phenoxy) is 1. The van der Waals surface area contributed by atoms with Gasteiger partial charge in [0.25, 0.3) is 0 Å². The molecule has 13 heteroatoms. The molecular formula is C21H22ClF4N5O3. The second-order valence-corrected chi connectivity index (χ2v) is 9.06. The summed E-state index contributed by atoms with van der Waals surface area (Å²) in [4.78, 5) is 36.8. The third-order valence-electron chi connectivity index (χ3n) is 4.77. The number of carbonyl (C=O) groups is 2. The lowest BCUT2D eigenvalue weighted by Gasteiger charge is -2.27. The van der Waals surface area contributed by atoms with Crippen molar-refractivity contribution in [2.24, 2.45) is 0 Å². The van der Waals surface area contributed by atoms with Gasteiger partial charge in [-0.25, -0.2) is 19.2 Å². The van der Waals surface area contributed by atoms with Gasteiger partial charge >= 0.3 is 12.3 Å². The number of halogens is 5. The summed E-state index contributed by atoms with van der Waals surface area (Å²) in [5.41, 5.74) is 0.0422. The first-order valence-electron chi connectivity index (χ1n) is 10.2. The molecule has 0 bridgehead atoms. The van der Waals surface area contributed by atoms with Crippen molar-refractivity contribution in [2.45, 2.75) is 57.7 Å². The number of hydrogen-bond acceptors (Lipinski definition) is 6. The molecule has 1 fully saturated rings. The van der Waals surface area contributed by atoms with Crippen molar-refractivity contribution in [1.82, 2.24) is 25.2 Å². The zero-order chi connectivity index (χ0) is 25.3. The minimum Gasteiger partial charge on any atom is -0.444 e. The molecule has 0 spiro atoms. The van der Waals surface area contributed by atoms with E-state index in [1.54, 1.807) is 20.8 Å². The fourth-order valence-corrected chi connectivity index (χ4v) is 3.41. The lowest BCUT2D eigenvalue weighted by molar-refractivity contribution is -0.145. The first-order valence-corrected chi connectivity index (χ1v) is 10.6. The van der Waals surface area contributed by atoms with Crippen LogP contribution in [0, 0.1) is 0 Å². The molecule has 8 nitrogen and oxygen atoms in total. The van der Waals surface area contributed by atoms with Crippen LogP contribution in [0.4, 0.5) is 22.4 Å². The Hall–Kier alpha value is -3.02. The van der Waals surface area contributed by atoms with Gasteiger partial charge < -0.3 is 10.1 Å². The van der Waals surface area contributed by atoms with Gasteiger partial charge in [0.05, 0.1) is 17.3 Å². The van der Waals surface area contributed by atoms with Crippen LogP contribution in [0.25, 0.3) is 11.3 Å². The molecule has 1 N–H and O–H groups in total. The average Bonchev–Trinajstić information content (AvgIpc) is 3.13. The van der Waals surface area contributed by atoms with Crippen molar-refractivity contribution in [3.05, 3.63) is 41.1 Å². The van der Waals surface area contributed by atoms with Crippen LogP contribution in [-0.4, -0.2) is 56.2 Å². The van der Waals surface area contributed by atoms with Crippen LogP contribution in [-0.2, 0) is 22.3 Å². The van der Waals surface area contributed by atoms with E-state index in [1.807, 2.05) is 0 Å². The quantitative estimate of drug-likeness (QED) is 0.629. The normalized spacial score (nSPS) is 18.6. The molecule has 1 aliphatic heterocycles. The van der Waals surface area contributed by atoms with Crippen LogP contribution >= 0.6 is 11.6 Å². The monoisotopic (exact) mass is 503 g/mol. The Morgan fingerprint density at radius 1 is 1.18 bits per heavy atom. The number of alkyl halides is 4. The number of carbonyl (C=O) groups excluding carboxylic acids is 2. The summed E-state index contributed by atoms with van der Waals surface area (Å²) in [5, 5.41) is 2.80. The third-order valence-corrected chi connectivity index (χ3v) is 5.11. The summed E-state index contributed by atoms with van der Waals surface area (Å²) in [5.74, 6) is -1.88. The van der Waals surface area contributed by atoms with E-state index in [9.17, 15) is 27.2 Å². The maximum absolute atomic E-state index is 14.0. The van der Waals surface area contributed by atoms with Gasteiger partial charge in [0.1, 0.15) is 17.8 Å². The predicted octanol–water partition coefficient (Wildman–Crippen LogP) is 4.17. The van der Waals surface area contributed by atoms with E-state index in [-0.39, 0.29) is 35.8 Å². The van der Waals surface area contributed by atoms with Gasteiger partial charge in [0, 0.05) is 37.1 Å². The lowest BCUT2D eigenvalue weighted by atomic mass is 10.1. The lowest BCUT2D eigenvalue weighted by Crippen LogP contribution is -2.47. The third kappa shape index (κ3) is 6.31. The fraction of sp³-hybridized carbons (Fsp3) is 0.476. The highest BCUT2D eigenvalue weighted by Gasteiger charge is 2.41. The van der Waals surface area contributed by atoms with Crippen LogP contribution in [0.5, 0.6) is 0 Å². The van der Waals surface area contributed by atoms with Crippen LogP contribution < -0.4 is 5.32 Å². The standard InChI is InChI=1S/C21H22ClF4N5O3/c1-20(2,3)34-19(33)31-10-13(23)5-16(31)17(32)28-6-11-4-15(27-9-14(11)22)12-7-29-18(30-8-12)21(24,25)26/h4,7-9,13,16H,5-6,10H2,1-3H3,(H,28,32). The first kappa shape index (κ1) is 25.6. The number of aromatic nitrogens is 3. The van der Waals surface area contributed by atoms with Gasteiger partial charge in [-0.15, -0.1) is 0 Å². The summed E-state index contributed by atoms with van der Waals surface area (Å²) in [6.45, 7) is 4.63. The van der Waals surface area contributed by atoms with E-state index in [4.69, 9.17) is 16.3 Å². The van der Waals surface area contributed by atoms with Crippen LogP contribution in [0.15, 0.2) is 24.7 Å². The van der Waals surface area contributed by atoms with E-state index in [2.05, 4.69) is 20.3 Å². The van der Waals surface area contributed by atoms with Crippen LogP contribution in [0.1, 0.15) is 38.6 Å². The number of pyridine rings is 1. The number of likely N-dealkylation sites (tertiary alicyclic amines) is 1. The molecule has 2 unspecified atom stereocenters. The van der Waals surface area contributed by atoms with Crippen molar-refractivity contribution in [1.29, 1.82) is 0 Å². The number of hydrogen-bond donors (Lipinski definition) is 1.